The van der Waals surface area contributed by atoms with Crippen LogP contribution in [0.4, 0.5) is 0 Å². The van der Waals surface area contributed by atoms with Gasteiger partial charge in [-0.1, -0.05) is 0 Å². The average molecular weight is 378 g/mol. The minimum atomic E-state index is -0.429. The van der Waals surface area contributed by atoms with E-state index in [2.05, 4.69) is 31.3 Å². The number of nitrogens with one attached hydrogen (secondary N) is 2. The van der Waals surface area contributed by atoms with E-state index in [1.165, 1.54) is 7.11 Å². The minimum Gasteiger partial charge on any atom is -0.465 e. The molecule has 2 N–H and O–H groups in total. The van der Waals surface area contributed by atoms with Crippen LogP contribution in [0, 0.1) is 0 Å². The van der Waals surface area contributed by atoms with E-state index in [-0.39, 0.29) is 24.4 Å². The number of hydrogen-bond acceptors (Lipinski definition) is 4. The van der Waals surface area contributed by atoms with Crippen molar-refractivity contribution in [2.24, 2.45) is 0 Å². The Bertz CT molecular complexity index is 519. The van der Waals surface area contributed by atoms with Crippen molar-refractivity contribution in [2.45, 2.75) is 18.9 Å². The lowest BCUT2D eigenvalue weighted by atomic mass is 10.1. The van der Waals surface area contributed by atoms with E-state index in [1.807, 2.05) is 0 Å². The van der Waals surface area contributed by atoms with E-state index in [1.54, 1.807) is 18.2 Å². The molecule has 2 rings (SSSR count). The molecule has 0 radical (unpaired) electrons. The molecule has 0 unspecified atom stereocenters. The largest absolute Gasteiger partial charge is 0.465 e. The Morgan fingerprint density at radius 1 is 1.33 bits per heavy atom. The average Bonchev–Trinajstić information content (AvgIpc) is 2.47. The van der Waals surface area contributed by atoms with Gasteiger partial charge in [0.1, 0.15) is 0 Å². The molecule has 21 heavy (non-hydrogen) atoms. The first-order valence-electron chi connectivity index (χ1n) is 6.51. The van der Waals surface area contributed by atoms with Crippen LogP contribution in [0.5, 0.6) is 0 Å². The number of esters is 1. The normalized spacial score (nSPS) is 15.0. The number of halogens is 2. The lowest BCUT2D eigenvalue weighted by molar-refractivity contribution is 0.0599. The zero-order valence-corrected chi connectivity index (χ0v) is 14.1. The molecular formula is C14H18BrClN2O3. The summed E-state index contributed by atoms with van der Waals surface area (Å²) in [5.74, 6) is -0.545. The molecule has 1 heterocycles. The van der Waals surface area contributed by atoms with Crippen LogP contribution >= 0.6 is 28.3 Å². The van der Waals surface area contributed by atoms with Crippen LogP contribution in [0.25, 0.3) is 0 Å². The van der Waals surface area contributed by atoms with Crippen molar-refractivity contribution in [3.63, 3.8) is 0 Å². The summed E-state index contributed by atoms with van der Waals surface area (Å²) in [5, 5.41) is 6.26. The van der Waals surface area contributed by atoms with Crippen LogP contribution in [-0.2, 0) is 4.74 Å². The van der Waals surface area contributed by atoms with Gasteiger partial charge in [0.2, 0.25) is 0 Å². The number of amides is 1. The van der Waals surface area contributed by atoms with E-state index >= 15 is 0 Å². The monoisotopic (exact) mass is 376 g/mol. The Labute approximate surface area is 138 Å². The van der Waals surface area contributed by atoms with Crippen LogP contribution in [0.15, 0.2) is 22.7 Å². The number of benzene rings is 1. The number of carbonyl (C=O) groups is 2. The number of methoxy groups -OCH3 is 1. The topological polar surface area (TPSA) is 67.4 Å². The highest BCUT2D eigenvalue weighted by Gasteiger charge is 2.18. The van der Waals surface area contributed by atoms with Gasteiger partial charge in [-0.25, -0.2) is 4.79 Å². The van der Waals surface area contributed by atoms with E-state index in [4.69, 9.17) is 0 Å². The number of rotatable bonds is 3. The molecule has 0 atom stereocenters. The summed E-state index contributed by atoms with van der Waals surface area (Å²) in [6, 6.07) is 5.08. The molecular weight excluding hydrogens is 360 g/mol. The molecule has 1 aromatic rings. The number of piperidine rings is 1. The molecule has 1 fully saturated rings. The van der Waals surface area contributed by atoms with Crippen molar-refractivity contribution in [3.8, 4) is 0 Å². The SMILES string of the molecule is COC(=O)c1ccc(C(=O)NC2CCNCC2)cc1Br.Cl. The van der Waals surface area contributed by atoms with Crippen LogP contribution in [0.3, 0.4) is 0 Å². The van der Waals surface area contributed by atoms with Crippen molar-refractivity contribution in [3.05, 3.63) is 33.8 Å². The van der Waals surface area contributed by atoms with Crippen molar-refractivity contribution in [2.75, 3.05) is 20.2 Å². The van der Waals surface area contributed by atoms with Gasteiger partial charge in [-0.15, -0.1) is 12.4 Å². The highest BCUT2D eigenvalue weighted by atomic mass is 79.9. The minimum absolute atomic E-state index is 0. The Hall–Kier alpha value is -1.11. The maximum atomic E-state index is 12.1. The third-order valence-corrected chi connectivity index (χ3v) is 3.97. The smallest absolute Gasteiger partial charge is 0.339 e. The summed E-state index contributed by atoms with van der Waals surface area (Å²) in [6.45, 7) is 1.85. The highest BCUT2D eigenvalue weighted by molar-refractivity contribution is 9.10. The van der Waals surface area contributed by atoms with Gasteiger partial charge in [0.15, 0.2) is 0 Å². The third-order valence-electron chi connectivity index (χ3n) is 3.31. The second-order valence-electron chi connectivity index (χ2n) is 4.68. The lowest BCUT2D eigenvalue weighted by Gasteiger charge is -2.23. The predicted octanol–water partition coefficient (Wildman–Crippen LogP) is 2.14. The zero-order chi connectivity index (χ0) is 14.5. The molecule has 0 aromatic heterocycles. The molecule has 0 saturated carbocycles. The summed E-state index contributed by atoms with van der Waals surface area (Å²) in [4.78, 5) is 23.6. The van der Waals surface area contributed by atoms with E-state index < -0.39 is 5.97 Å². The predicted molar refractivity (Wildman–Crippen MR) is 86.1 cm³/mol. The maximum absolute atomic E-state index is 12.1. The fourth-order valence-corrected chi connectivity index (χ4v) is 2.71. The third kappa shape index (κ3) is 4.69. The molecule has 1 amide bonds. The Kier molecular flexibility index (Phi) is 7.14. The summed E-state index contributed by atoms with van der Waals surface area (Å²) >= 11 is 3.29. The second-order valence-corrected chi connectivity index (χ2v) is 5.54. The van der Waals surface area contributed by atoms with E-state index in [9.17, 15) is 9.59 Å². The van der Waals surface area contributed by atoms with E-state index in [0.29, 0.717) is 15.6 Å². The number of ether oxygens (including phenoxy) is 1. The van der Waals surface area contributed by atoms with Crippen molar-refractivity contribution >= 4 is 40.2 Å². The molecule has 0 aliphatic carbocycles. The molecule has 1 aromatic carbocycles. The quantitative estimate of drug-likeness (QED) is 0.792. The molecule has 0 bridgehead atoms. The molecule has 0 spiro atoms. The standard InChI is InChI=1S/C14H17BrN2O3.ClH/c1-20-14(19)11-3-2-9(8-12(11)15)13(18)17-10-4-6-16-7-5-10;/h2-3,8,10,16H,4-7H2,1H3,(H,17,18);1H. The second kappa shape index (κ2) is 8.36. The van der Waals surface area contributed by atoms with Crippen molar-refractivity contribution in [1.82, 2.24) is 10.6 Å². The summed E-state index contributed by atoms with van der Waals surface area (Å²) < 4.78 is 5.22. The van der Waals surface area contributed by atoms with Crippen LogP contribution in [0.2, 0.25) is 0 Å². The van der Waals surface area contributed by atoms with Gasteiger partial charge in [-0.05, 0) is 60.1 Å². The van der Waals surface area contributed by atoms with Gasteiger partial charge in [0.05, 0.1) is 12.7 Å². The molecule has 1 saturated heterocycles. The number of hydrogen-bond donors (Lipinski definition) is 2. The van der Waals surface area contributed by atoms with E-state index in [0.717, 1.165) is 25.9 Å². The van der Waals surface area contributed by atoms with Crippen LogP contribution in [-0.4, -0.2) is 38.1 Å². The lowest BCUT2D eigenvalue weighted by Crippen LogP contribution is -2.42. The van der Waals surface area contributed by atoms with Gasteiger partial charge in [0, 0.05) is 16.1 Å². The molecule has 1 aliphatic rings. The maximum Gasteiger partial charge on any atom is 0.339 e. The van der Waals surface area contributed by atoms with Crippen molar-refractivity contribution in [1.29, 1.82) is 0 Å². The molecule has 7 heteroatoms. The Balaban J connectivity index is 0.00000220. The van der Waals surface area contributed by atoms with Gasteiger partial charge in [-0.3, -0.25) is 4.79 Å². The van der Waals surface area contributed by atoms with Crippen LogP contribution in [0.1, 0.15) is 33.6 Å². The van der Waals surface area contributed by atoms with Gasteiger partial charge in [0.25, 0.3) is 5.91 Å². The Morgan fingerprint density at radius 2 is 2.00 bits per heavy atom. The van der Waals surface area contributed by atoms with Gasteiger partial charge < -0.3 is 15.4 Å². The van der Waals surface area contributed by atoms with Crippen molar-refractivity contribution < 1.29 is 14.3 Å². The first-order chi connectivity index (χ1) is 9.61. The Morgan fingerprint density at radius 3 is 2.57 bits per heavy atom. The molecule has 5 nitrogen and oxygen atoms in total. The van der Waals surface area contributed by atoms with Crippen LogP contribution < -0.4 is 10.6 Å². The summed E-state index contributed by atoms with van der Waals surface area (Å²) in [7, 11) is 1.33. The zero-order valence-electron chi connectivity index (χ0n) is 11.6. The van der Waals surface area contributed by atoms with Gasteiger partial charge >= 0.3 is 5.97 Å². The molecule has 116 valence electrons. The number of carbonyl (C=O) groups excluding carboxylic acids is 2. The fraction of sp³-hybridized carbons (Fsp3) is 0.429. The first kappa shape index (κ1) is 17.9. The van der Waals surface area contributed by atoms with Gasteiger partial charge in [-0.2, -0.15) is 0 Å². The fourth-order valence-electron chi connectivity index (χ4n) is 2.17. The summed E-state index contributed by atoms with van der Waals surface area (Å²) in [6.07, 6.45) is 1.88. The summed E-state index contributed by atoms with van der Waals surface area (Å²) in [5.41, 5.74) is 0.939. The first-order valence-corrected chi connectivity index (χ1v) is 7.30. The molecule has 1 aliphatic heterocycles. The highest BCUT2D eigenvalue weighted by Crippen LogP contribution is 2.19.